The van der Waals surface area contributed by atoms with Crippen LogP contribution in [-0.2, 0) is 11.3 Å². The van der Waals surface area contributed by atoms with Gasteiger partial charge >= 0.3 is 0 Å². The highest BCUT2D eigenvalue weighted by Gasteiger charge is 2.40. The summed E-state index contributed by atoms with van der Waals surface area (Å²) in [6.45, 7) is 3.72. The zero-order valence-electron chi connectivity index (χ0n) is 17.3. The first-order valence-electron chi connectivity index (χ1n) is 9.70. The molecule has 0 aliphatic carbocycles. The van der Waals surface area contributed by atoms with E-state index in [-0.39, 0.29) is 12.1 Å². The minimum Gasteiger partial charge on any atom is -0.868 e. The van der Waals surface area contributed by atoms with Crippen LogP contribution in [0.25, 0.3) is 0 Å². The van der Waals surface area contributed by atoms with E-state index in [0.29, 0.717) is 21.9 Å². The van der Waals surface area contributed by atoms with Crippen molar-refractivity contribution in [3.05, 3.63) is 86.8 Å². The second-order valence-corrected chi connectivity index (χ2v) is 8.45. The first kappa shape index (κ1) is 20.7. The number of rotatable bonds is 6. The predicted octanol–water partition coefficient (Wildman–Crippen LogP) is 2.16. The smallest absolute Gasteiger partial charge is 0.240 e. The highest BCUT2D eigenvalue weighted by atomic mass is 32.1. The van der Waals surface area contributed by atoms with Gasteiger partial charge in [0.15, 0.2) is 12.4 Å². The third-order valence-electron chi connectivity index (χ3n) is 5.17. The maximum Gasteiger partial charge on any atom is 0.240 e. The Labute approximate surface area is 183 Å². The molecule has 3 aromatic rings. The number of H-pyrrole nitrogens is 1. The number of aryl methyl sites for hydroxylation is 2. The van der Waals surface area contributed by atoms with Gasteiger partial charge in [0.05, 0.1) is 35.3 Å². The number of thiazole rings is 1. The molecule has 1 aromatic carbocycles. The topological polar surface area (TPSA) is 96.7 Å². The molecule has 3 heterocycles. The number of Topliss-reactive ketones (excluding diaryl/α,β-unsaturated/α-hetero) is 1. The van der Waals surface area contributed by atoms with Crippen LogP contribution in [0.3, 0.4) is 0 Å². The van der Waals surface area contributed by atoms with Crippen molar-refractivity contribution in [1.29, 1.82) is 0 Å². The van der Waals surface area contributed by atoms with Crippen LogP contribution in [-0.4, -0.2) is 28.7 Å². The molecule has 0 saturated heterocycles. The van der Waals surface area contributed by atoms with E-state index in [4.69, 9.17) is 4.74 Å². The lowest BCUT2D eigenvalue weighted by Crippen LogP contribution is -2.32. The second kappa shape index (κ2) is 8.31. The van der Waals surface area contributed by atoms with Crippen LogP contribution >= 0.6 is 11.3 Å². The molecule has 31 heavy (non-hydrogen) atoms. The summed E-state index contributed by atoms with van der Waals surface area (Å²) in [5.74, 6) is -1.34. The standard InChI is InChI=1S/C23H21N3O4S/c1-13-22(31-14(2)25-13)20(27)18-19(16-7-4-8-17(10-16)30-3)26(23(29)21(18)28)12-15-6-5-9-24-11-15/h4-11,19,28H,12H2,1-3H3. The molecule has 4 rings (SSSR count). The van der Waals surface area contributed by atoms with E-state index in [0.717, 1.165) is 10.6 Å². The molecule has 1 N–H and O–H groups in total. The summed E-state index contributed by atoms with van der Waals surface area (Å²) in [5.41, 5.74) is 1.96. The van der Waals surface area contributed by atoms with Crippen LogP contribution in [0.15, 0.2) is 60.1 Å². The summed E-state index contributed by atoms with van der Waals surface area (Å²) >= 11 is 1.23. The maximum atomic E-state index is 13.5. The number of hydrogen-bond acceptors (Lipinski definition) is 6. The molecule has 0 bridgehead atoms. The van der Waals surface area contributed by atoms with Gasteiger partial charge in [-0.25, -0.2) is 9.97 Å². The van der Waals surface area contributed by atoms with Gasteiger partial charge in [-0.2, -0.15) is 0 Å². The number of hydrogen-bond donors (Lipinski definition) is 0. The van der Waals surface area contributed by atoms with Gasteiger partial charge in [-0.15, -0.1) is 11.3 Å². The van der Waals surface area contributed by atoms with Gasteiger partial charge in [-0.3, -0.25) is 9.59 Å². The highest BCUT2D eigenvalue weighted by Crippen LogP contribution is 2.40. The number of benzene rings is 1. The Morgan fingerprint density at radius 1 is 1.29 bits per heavy atom. The van der Waals surface area contributed by atoms with Crippen molar-refractivity contribution in [2.45, 2.75) is 26.4 Å². The Morgan fingerprint density at radius 2 is 2.10 bits per heavy atom. The Bertz CT molecular complexity index is 1190. The van der Waals surface area contributed by atoms with Gasteiger partial charge in [0.25, 0.3) is 0 Å². The van der Waals surface area contributed by atoms with Gasteiger partial charge in [-0.05, 0) is 43.4 Å². The number of ether oxygens (including phenoxy) is 1. The molecule has 2 aromatic heterocycles. The van der Waals surface area contributed by atoms with Crippen LogP contribution in [0, 0.1) is 13.8 Å². The van der Waals surface area contributed by atoms with Gasteiger partial charge in [-0.1, -0.05) is 12.1 Å². The monoisotopic (exact) mass is 435 g/mol. The molecule has 8 heteroatoms. The third kappa shape index (κ3) is 3.82. The fourth-order valence-corrected chi connectivity index (χ4v) is 4.66. The summed E-state index contributed by atoms with van der Waals surface area (Å²) in [7, 11) is 1.54. The van der Waals surface area contributed by atoms with E-state index in [1.54, 1.807) is 57.6 Å². The Hall–Kier alpha value is -3.52. The van der Waals surface area contributed by atoms with E-state index < -0.39 is 23.5 Å². The van der Waals surface area contributed by atoms with Gasteiger partial charge in [0.1, 0.15) is 5.75 Å². The van der Waals surface area contributed by atoms with Gasteiger partial charge in [0.2, 0.25) is 11.7 Å². The number of pyridine rings is 1. The molecule has 1 aliphatic heterocycles. The van der Waals surface area contributed by atoms with Gasteiger partial charge < -0.3 is 14.7 Å². The average Bonchev–Trinajstić information content (AvgIpc) is 3.24. The molecular weight excluding hydrogens is 414 g/mol. The number of nitrogens with zero attached hydrogens (tertiary/aromatic N) is 2. The fraction of sp³-hybridized carbons (Fsp3) is 0.217. The fourth-order valence-electron chi connectivity index (χ4n) is 3.78. The van der Waals surface area contributed by atoms with Crippen molar-refractivity contribution in [3.8, 4) is 5.75 Å². The normalized spacial score (nSPS) is 16.2. The molecule has 1 unspecified atom stereocenters. The lowest BCUT2D eigenvalue weighted by Gasteiger charge is -2.27. The molecule has 1 amide bonds. The summed E-state index contributed by atoms with van der Waals surface area (Å²) in [6.07, 6.45) is 3.52. The summed E-state index contributed by atoms with van der Waals surface area (Å²) < 4.78 is 5.33. The quantitative estimate of drug-likeness (QED) is 0.553. The summed E-state index contributed by atoms with van der Waals surface area (Å²) in [5, 5.41) is 13.8. The number of amides is 1. The van der Waals surface area contributed by atoms with E-state index in [2.05, 4.69) is 9.97 Å². The van der Waals surface area contributed by atoms with Crippen LogP contribution in [0.2, 0.25) is 0 Å². The third-order valence-corrected chi connectivity index (χ3v) is 6.24. The first-order valence-corrected chi connectivity index (χ1v) is 10.5. The molecule has 0 spiro atoms. The van der Waals surface area contributed by atoms with Crippen molar-refractivity contribution in [2.24, 2.45) is 0 Å². The van der Waals surface area contributed by atoms with E-state index in [1.807, 2.05) is 12.1 Å². The zero-order chi connectivity index (χ0) is 22.1. The minimum absolute atomic E-state index is 0.0510. The largest absolute Gasteiger partial charge is 0.868 e. The zero-order valence-corrected chi connectivity index (χ0v) is 18.2. The molecule has 158 valence electrons. The highest BCUT2D eigenvalue weighted by molar-refractivity contribution is 7.14. The Morgan fingerprint density at radius 3 is 2.74 bits per heavy atom. The summed E-state index contributed by atoms with van der Waals surface area (Å²) in [6, 6.07) is 9.95. The average molecular weight is 436 g/mol. The number of methoxy groups -OCH3 is 1. The SMILES string of the molecule is COc1cccc(C2C(C(=O)c3sc(C)nc3C)=C([O-])C(=O)N2Cc2ccc[nH+]c2)c1. The van der Waals surface area contributed by atoms with E-state index in [1.165, 1.54) is 16.2 Å². The Kier molecular flexibility index (Phi) is 5.56. The van der Waals surface area contributed by atoms with E-state index >= 15 is 0 Å². The number of aromatic amines is 1. The van der Waals surface area contributed by atoms with Crippen molar-refractivity contribution in [1.82, 2.24) is 9.88 Å². The number of aromatic nitrogens is 2. The van der Waals surface area contributed by atoms with Crippen molar-refractivity contribution in [2.75, 3.05) is 7.11 Å². The second-order valence-electron chi connectivity index (χ2n) is 7.24. The first-order chi connectivity index (χ1) is 14.9. The molecule has 1 atom stereocenters. The predicted molar refractivity (Wildman–Crippen MR) is 112 cm³/mol. The number of carbonyl (C=O) groups is 2. The molecule has 7 nitrogen and oxygen atoms in total. The lowest BCUT2D eigenvalue weighted by molar-refractivity contribution is -0.378. The summed E-state index contributed by atoms with van der Waals surface area (Å²) in [4.78, 5) is 35.6. The lowest BCUT2D eigenvalue weighted by atomic mass is 9.94. The molecule has 0 radical (unpaired) electrons. The van der Waals surface area contributed by atoms with Crippen LogP contribution in [0.4, 0.5) is 0 Å². The van der Waals surface area contributed by atoms with Crippen LogP contribution in [0.1, 0.15) is 37.5 Å². The number of carbonyl (C=O) groups excluding carboxylic acids is 2. The van der Waals surface area contributed by atoms with Crippen molar-refractivity contribution in [3.63, 3.8) is 0 Å². The number of nitrogens with one attached hydrogen (secondary N) is 1. The van der Waals surface area contributed by atoms with Crippen molar-refractivity contribution < 1.29 is 24.4 Å². The van der Waals surface area contributed by atoms with Crippen molar-refractivity contribution >= 4 is 23.0 Å². The molecule has 0 saturated carbocycles. The molecule has 1 aliphatic rings. The van der Waals surface area contributed by atoms with E-state index in [9.17, 15) is 14.7 Å². The van der Waals surface area contributed by atoms with Gasteiger partial charge in [0, 0.05) is 17.2 Å². The maximum absolute atomic E-state index is 13.5. The molecule has 0 fully saturated rings. The minimum atomic E-state index is -0.815. The Balaban J connectivity index is 1.83. The molecular formula is C23H21N3O4S. The number of ketones is 1. The van der Waals surface area contributed by atoms with Crippen LogP contribution < -0.4 is 14.8 Å². The van der Waals surface area contributed by atoms with Crippen LogP contribution in [0.5, 0.6) is 5.75 Å².